The molecular formula is C17H27N5O3S2. The molecule has 8 nitrogen and oxygen atoms in total. The van der Waals surface area contributed by atoms with E-state index < -0.39 is 10.2 Å². The highest BCUT2D eigenvalue weighted by atomic mass is 32.2. The minimum atomic E-state index is -3.65. The Morgan fingerprint density at radius 1 is 1.26 bits per heavy atom. The monoisotopic (exact) mass is 413 g/mol. The molecule has 1 fully saturated rings. The van der Waals surface area contributed by atoms with Crippen molar-refractivity contribution in [3.8, 4) is 0 Å². The van der Waals surface area contributed by atoms with Gasteiger partial charge >= 0.3 is 10.2 Å². The topological polar surface area (TPSA) is 90.5 Å². The summed E-state index contributed by atoms with van der Waals surface area (Å²) in [5.74, 6) is 4.31. The first kappa shape index (κ1) is 20.2. The Labute approximate surface area is 165 Å². The number of nitrogens with one attached hydrogen (secondary N) is 1. The summed E-state index contributed by atoms with van der Waals surface area (Å²) >= 11 is 1.71. The fraction of sp³-hybridized carbons (Fsp3) is 0.647. The Bertz CT molecular complexity index is 795. The van der Waals surface area contributed by atoms with Crippen molar-refractivity contribution in [3.05, 3.63) is 23.7 Å². The summed E-state index contributed by atoms with van der Waals surface area (Å²) in [5.41, 5.74) is 0. The highest BCUT2D eigenvalue weighted by molar-refractivity contribution is 7.98. The van der Waals surface area contributed by atoms with Crippen molar-refractivity contribution in [2.24, 2.45) is 9.39 Å². The quantitative estimate of drug-likeness (QED) is 0.685. The van der Waals surface area contributed by atoms with Crippen molar-refractivity contribution in [1.29, 1.82) is 0 Å². The third kappa shape index (κ3) is 5.98. The van der Waals surface area contributed by atoms with E-state index in [1.807, 2.05) is 31.1 Å². The van der Waals surface area contributed by atoms with Crippen LogP contribution >= 0.6 is 11.8 Å². The molecule has 150 valence electrons. The molecule has 3 heterocycles. The molecule has 0 saturated carbocycles. The van der Waals surface area contributed by atoms with Gasteiger partial charge in [-0.05, 0) is 45.5 Å². The molecule has 0 aromatic carbocycles. The number of furan rings is 1. The zero-order chi connectivity index (χ0) is 19.3. The average Bonchev–Trinajstić information content (AvgIpc) is 3.18. The van der Waals surface area contributed by atoms with Gasteiger partial charge < -0.3 is 14.2 Å². The molecule has 0 atom stereocenters. The standard InChI is InChI=1S/C17H27N5O3S2/c1-21(2)12-14-6-7-15(25-14)13-26-11-8-18-16-17(20-27(23,24)19-16)22-9-4-3-5-10-22/h6-7H,3-5,8-13H2,1-2H3,(H,18,19). The van der Waals surface area contributed by atoms with Crippen LogP contribution in [0, 0.1) is 0 Å². The first-order chi connectivity index (χ1) is 12.9. The van der Waals surface area contributed by atoms with Gasteiger partial charge in [0.1, 0.15) is 11.5 Å². The maximum absolute atomic E-state index is 11.8. The summed E-state index contributed by atoms with van der Waals surface area (Å²) in [7, 11) is 0.370. The highest BCUT2D eigenvalue weighted by Crippen LogP contribution is 2.17. The second kappa shape index (κ2) is 9.11. The number of hydrogen-bond donors (Lipinski definition) is 1. The number of hydrogen-bond acceptors (Lipinski definition) is 7. The molecule has 0 aliphatic carbocycles. The van der Waals surface area contributed by atoms with Crippen LogP contribution in [0.25, 0.3) is 0 Å². The van der Waals surface area contributed by atoms with Crippen LogP contribution in [-0.2, 0) is 22.5 Å². The van der Waals surface area contributed by atoms with Gasteiger partial charge in [0.2, 0.25) is 0 Å². The second-order valence-electron chi connectivity index (χ2n) is 6.93. The van der Waals surface area contributed by atoms with E-state index in [0.717, 1.165) is 55.5 Å². The Morgan fingerprint density at radius 3 is 2.74 bits per heavy atom. The summed E-state index contributed by atoms with van der Waals surface area (Å²) in [5, 5.41) is 0. The SMILES string of the molecule is CN(C)Cc1ccc(CSCCN=C2NS(=O)(=O)N=C2N2CCCCC2)o1. The molecule has 1 aromatic rings. The zero-order valence-electron chi connectivity index (χ0n) is 15.8. The molecule has 27 heavy (non-hydrogen) atoms. The van der Waals surface area contributed by atoms with Crippen molar-refractivity contribution >= 4 is 33.6 Å². The van der Waals surface area contributed by atoms with Crippen LogP contribution in [0.2, 0.25) is 0 Å². The van der Waals surface area contributed by atoms with E-state index in [2.05, 4.69) is 19.0 Å². The van der Waals surface area contributed by atoms with Crippen molar-refractivity contribution < 1.29 is 12.8 Å². The van der Waals surface area contributed by atoms with Crippen molar-refractivity contribution in [3.63, 3.8) is 0 Å². The predicted molar refractivity (Wildman–Crippen MR) is 109 cm³/mol. The van der Waals surface area contributed by atoms with E-state index in [1.54, 1.807) is 11.8 Å². The van der Waals surface area contributed by atoms with E-state index in [4.69, 9.17) is 4.42 Å². The summed E-state index contributed by atoms with van der Waals surface area (Å²) in [6, 6.07) is 4.01. The van der Waals surface area contributed by atoms with Gasteiger partial charge in [0, 0.05) is 18.8 Å². The number of thioether (sulfide) groups is 1. The molecule has 10 heteroatoms. The fourth-order valence-electron chi connectivity index (χ4n) is 3.06. The van der Waals surface area contributed by atoms with Gasteiger partial charge in [-0.25, -0.2) is 4.72 Å². The highest BCUT2D eigenvalue weighted by Gasteiger charge is 2.30. The first-order valence-electron chi connectivity index (χ1n) is 9.15. The molecule has 0 amide bonds. The van der Waals surface area contributed by atoms with E-state index in [1.165, 1.54) is 6.42 Å². The molecule has 2 aliphatic heterocycles. The Balaban J connectivity index is 1.48. The average molecular weight is 414 g/mol. The van der Waals surface area contributed by atoms with Crippen molar-refractivity contribution in [2.75, 3.05) is 39.5 Å². The number of nitrogens with zero attached hydrogens (tertiary/aromatic N) is 4. The largest absolute Gasteiger partial charge is 0.464 e. The number of likely N-dealkylation sites (tertiary alicyclic amines) is 1. The molecule has 0 radical (unpaired) electrons. The molecule has 2 aliphatic rings. The van der Waals surface area contributed by atoms with Gasteiger partial charge in [-0.2, -0.15) is 20.2 Å². The van der Waals surface area contributed by atoms with Gasteiger partial charge in [-0.1, -0.05) is 0 Å². The minimum absolute atomic E-state index is 0.378. The summed E-state index contributed by atoms with van der Waals surface area (Å²) in [6.45, 7) is 2.98. The third-order valence-electron chi connectivity index (χ3n) is 4.24. The molecule has 1 aromatic heterocycles. The van der Waals surface area contributed by atoms with Crippen molar-refractivity contribution in [1.82, 2.24) is 14.5 Å². The van der Waals surface area contributed by atoms with Crippen LogP contribution in [0.1, 0.15) is 30.8 Å². The van der Waals surface area contributed by atoms with E-state index in [9.17, 15) is 8.42 Å². The Kier molecular flexibility index (Phi) is 6.83. The first-order valence-corrected chi connectivity index (χ1v) is 11.7. The molecule has 1 saturated heterocycles. The minimum Gasteiger partial charge on any atom is -0.464 e. The van der Waals surface area contributed by atoms with Gasteiger partial charge in [0.15, 0.2) is 11.7 Å². The second-order valence-corrected chi connectivity index (χ2v) is 9.37. The Morgan fingerprint density at radius 2 is 2.00 bits per heavy atom. The normalized spacial score (nSPS) is 20.9. The lowest BCUT2D eigenvalue weighted by atomic mass is 10.1. The molecule has 0 bridgehead atoms. The van der Waals surface area contributed by atoms with Crippen LogP contribution in [0.3, 0.4) is 0 Å². The third-order valence-corrected chi connectivity index (χ3v) is 6.06. The molecule has 1 N–H and O–H groups in total. The number of piperidine rings is 1. The predicted octanol–water partition coefficient (Wildman–Crippen LogP) is 1.71. The van der Waals surface area contributed by atoms with Crippen LogP contribution < -0.4 is 4.72 Å². The molecule has 0 spiro atoms. The smallest absolute Gasteiger partial charge is 0.345 e. The summed E-state index contributed by atoms with van der Waals surface area (Å²) in [4.78, 5) is 8.53. The van der Waals surface area contributed by atoms with E-state index in [-0.39, 0.29) is 0 Å². The van der Waals surface area contributed by atoms with Crippen LogP contribution in [0.15, 0.2) is 25.9 Å². The van der Waals surface area contributed by atoms with E-state index >= 15 is 0 Å². The van der Waals surface area contributed by atoms with Gasteiger partial charge in [-0.15, -0.1) is 4.40 Å². The van der Waals surface area contributed by atoms with Crippen LogP contribution in [0.5, 0.6) is 0 Å². The maximum Gasteiger partial charge on any atom is 0.345 e. The van der Waals surface area contributed by atoms with Crippen LogP contribution in [-0.4, -0.2) is 69.4 Å². The summed E-state index contributed by atoms with van der Waals surface area (Å²) in [6.07, 6.45) is 3.29. The fourth-order valence-corrected chi connectivity index (χ4v) is 4.65. The number of aliphatic imine (C=N–C) groups is 1. The molecule has 0 unspecified atom stereocenters. The lowest BCUT2D eigenvalue weighted by molar-refractivity contribution is 0.344. The van der Waals surface area contributed by atoms with Crippen molar-refractivity contribution in [2.45, 2.75) is 31.6 Å². The number of rotatable bonds is 7. The molecule has 3 rings (SSSR count). The van der Waals surface area contributed by atoms with E-state index in [0.29, 0.717) is 18.2 Å². The summed E-state index contributed by atoms with van der Waals surface area (Å²) < 4.78 is 35.7. The Hall–Kier alpha value is -1.52. The van der Waals surface area contributed by atoms with Gasteiger partial charge in [-0.3, -0.25) is 4.99 Å². The zero-order valence-corrected chi connectivity index (χ0v) is 17.5. The molecular weight excluding hydrogens is 386 g/mol. The van der Waals surface area contributed by atoms with Crippen LogP contribution in [0.4, 0.5) is 0 Å². The van der Waals surface area contributed by atoms with Gasteiger partial charge in [0.05, 0.1) is 18.8 Å². The lowest BCUT2D eigenvalue weighted by Crippen LogP contribution is -2.41. The lowest BCUT2D eigenvalue weighted by Gasteiger charge is -2.27. The van der Waals surface area contributed by atoms with Gasteiger partial charge in [0.25, 0.3) is 0 Å². The maximum atomic E-state index is 11.8. The number of amidine groups is 2.